The lowest BCUT2D eigenvalue weighted by Crippen LogP contribution is -2.06. The summed E-state index contributed by atoms with van der Waals surface area (Å²) in [6.07, 6.45) is 0. The number of carbonyl (C=O) groups excluding carboxylic acids is 1. The first kappa shape index (κ1) is 13.8. The number of rotatable bonds is 2. The zero-order chi connectivity index (χ0) is 15.0. The van der Waals surface area contributed by atoms with Crippen molar-refractivity contribution in [2.45, 2.75) is 6.92 Å². The van der Waals surface area contributed by atoms with Crippen molar-refractivity contribution in [3.8, 4) is 0 Å². The number of carbonyl (C=O) groups is 1. The summed E-state index contributed by atoms with van der Waals surface area (Å²) in [6, 6.07) is 17.1. The number of aryl methyl sites for hydroxylation is 1. The molecule has 0 aromatic heterocycles. The van der Waals surface area contributed by atoms with Gasteiger partial charge in [-0.1, -0.05) is 51.8 Å². The Morgan fingerprint density at radius 3 is 2.43 bits per heavy atom. The van der Waals surface area contributed by atoms with Crippen LogP contribution in [0.2, 0.25) is 0 Å². The number of halogens is 1. The van der Waals surface area contributed by atoms with Crippen LogP contribution < -0.4 is 5.73 Å². The quantitative estimate of drug-likeness (QED) is 0.542. The highest BCUT2D eigenvalue weighted by Gasteiger charge is 2.16. The van der Waals surface area contributed by atoms with E-state index in [4.69, 9.17) is 5.73 Å². The molecule has 0 atom stereocenters. The van der Waals surface area contributed by atoms with E-state index in [1.165, 1.54) is 0 Å². The Morgan fingerprint density at radius 1 is 0.952 bits per heavy atom. The lowest BCUT2D eigenvalue weighted by Gasteiger charge is -2.10. The van der Waals surface area contributed by atoms with Crippen molar-refractivity contribution in [2.75, 3.05) is 5.73 Å². The van der Waals surface area contributed by atoms with Crippen LogP contribution in [0.3, 0.4) is 0 Å². The third kappa shape index (κ3) is 2.45. The van der Waals surface area contributed by atoms with Crippen LogP contribution in [0.1, 0.15) is 21.5 Å². The number of nitrogens with two attached hydrogens (primary N) is 1. The second-order valence-electron chi connectivity index (χ2n) is 5.06. The number of nitrogen functional groups attached to an aromatic ring is 1. The van der Waals surface area contributed by atoms with E-state index in [-0.39, 0.29) is 5.78 Å². The first-order chi connectivity index (χ1) is 10.1. The maximum absolute atomic E-state index is 12.8. The molecule has 21 heavy (non-hydrogen) atoms. The smallest absolute Gasteiger partial charge is 0.195 e. The third-order valence-electron chi connectivity index (χ3n) is 3.57. The summed E-state index contributed by atoms with van der Waals surface area (Å²) < 4.78 is 0.979. The van der Waals surface area contributed by atoms with E-state index >= 15 is 0 Å². The highest BCUT2D eigenvalue weighted by Crippen LogP contribution is 2.29. The highest BCUT2D eigenvalue weighted by molar-refractivity contribution is 9.10. The molecule has 0 aliphatic heterocycles. The van der Waals surface area contributed by atoms with Crippen LogP contribution in [0.15, 0.2) is 59.1 Å². The lowest BCUT2D eigenvalue weighted by atomic mass is 9.95. The van der Waals surface area contributed by atoms with E-state index in [0.29, 0.717) is 16.8 Å². The van der Waals surface area contributed by atoms with Gasteiger partial charge < -0.3 is 5.73 Å². The van der Waals surface area contributed by atoms with Gasteiger partial charge >= 0.3 is 0 Å². The van der Waals surface area contributed by atoms with E-state index in [0.717, 1.165) is 20.8 Å². The zero-order valence-electron chi connectivity index (χ0n) is 11.6. The average Bonchev–Trinajstić information content (AvgIpc) is 2.50. The van der Waals surface area contributed by atoms with Crippen LogP contribution in [0.5, 0.6) is 0 Å². The van der Waals surface area contributed by atoms with Gasteiger partial charge in [0.05, 0.1) is 0 Å². The molecule has 0 amide bonds. The molecule has 0 saturated heterocycles. The van der Waals surface area contributed by atoms with E-state index in [2.05, 4.69) is 15.9 Å². The van der Waals surface area contributed by atoms with Gasteiger partial charge in [0, 0.05) is 21.3 Å². The van der Waals surface area contributed by atoms with Crippen LogP contribution in [0, 0.1) is 6.92 Å². The fourth-order valence-electron chi connectivity index (χ4n) is 2.47. The van der Waals surface area contributed by atoms with Gasteiger partial charge in [-0.2, -0.15) is 0 Å². The standard InChI is InChI=1S/C18H14BrNO/c1-11-6-9-17(20)15(10-11)18(21)14-7-8-16(19)13-5-3-2-4-12(13)14/h2-10H,20H2,1H3. The monoisotopic (exact) mass is 339 g/mol. The Hall–Kier alpha value is -2.13. The predicted octanol–water partition coefficient (Wildman–Crippen LogP) is 4.72. The van der Waals surface area contributed by atoms with Crippen molar-refractivity contribution in [3.63, 3.8) is 0 Å². The number of anilines is 1. The lowest BCUT2D eigenvalue weighted by molar-refractivity contribution is 0.104. The molecule has 3 heteroatoms. The molecule has 0 heterocycles. The Bertz CT molecular complexity index is 855. The SMILES string of the molecule is Cc1ccc(N)c(C(=O)c2ccc(Br)c3ccccc23)c1. The van der Waals surface area contributed by atoms with Gasteiger partial charge in [-0.25, -0.2) is 0 Å². The topological polar surface area (TPSA) is 43.1 Å². The van der Waals surface area contributed by atoms with Crippen molar-refractivity contribution in [1.82, 2.24) is 0 Å². The maximum atomic E-state index is 12.8. The Balaban J connectivity index is 2.23. The summed E-state index contributed by atoms with van der Waals surface area (Å²) in [6.45, 7) is 1.95. The molecule has 0 aliphatic rings. The van der Waals surface area contributed by atoms with Gasteiger partial charge in [0.2, 0.25) is 0 Å². The minimum absolute atomic E-state index is 0.0418. The Kier molecular flexibility index (Phi) is 3.52. The average molecular weight is 340 g/mol. The van der Waals surface area contributed by atoms with Crippen LogP contribution >= 0.6 is 15.9 Å². The summed E-state index contributed by atoms with van der Waals surface area (Å²) in [5.74, 6) is -0.0418. The molecule has 0 aliphatic carbocycles. The number of hydrogen-bond donors (Lipinski definition) is 1. The Morgan fingerprint density at radius 2 is 1.67 bits per heavy atom. The summed E-state index contributed by atoms with van der Waals surface area (Å²) >= 11 is 3.53. The molecule has 0 saturated carbocycles. The molecule has 3 aromatic rings. The molecule has 0 unspecified atom stereocenters. The van der Waals surface area contributed by atoms with Crippen LogP contribution in [0.4, 0.5) is 5.69 Å². The van der Waals surface area contributed by atoms with Crippen LogP contribution in [-0.2, 0) is 0 Å². The minimum atomic E-state index is -0.0418. The van der Waals surface area contributed by atoms with Crippen molar-refractivity contribution >= 4 is 38.2 Å². The van der Waals surface area contributed by atoms with Crippen molar-refractivity contribution < 1.29 is 4.79 Å². The highest BCUT2D eigenvalue weighted by atomic mass is 79.9. The summed E-state index contributed by atoms with van der Waals surface area (Å²) in [5, 5.41) is 1.95. The fraction of sp³-hybridized carbons (Fsp3) is 0.0556. The van der Waals surface area contributed by atoms with Crippen molar-refractivity contribution in [3.05, 3.63) is 75.8 Å². The molecule has 2 N–H and O–H groups in total. The number of fused-ring (bicyclic) bond motifs is 1. The van der Waals surface area contributed by atoms with Gasteiger partial charge in [0.25, 0.3) is 0 Å². The molecule has 104 valence electrons. The van der Waals surface area contributed by atoms with Gasteiger partial charge in [0.15, 0.2) is 5.78 Å². The van der Waals surface area contributed by atoms with Gasteiger partial charge in [-0.3, -0.25) is 4.79 Å². The first-order valence-corrected chi connectivity index (χ1v) is 7.45. The van der Waals surface area contributed by atoms with Gasteiger partial charge in [-0.05, 0) is 42.0 Å². The number of hydrogen-bond acceptors (Lipinski definition) is 2. The predicted molar refractivity (Wildman–Crippen MR) is 90.7 cm³/mol. The first-order valence-electron chi connectivity index (χ1n) is 6.66. The normalized spacial score (nSPS) is 10.8. The number of ketones is 1. The largest absolute Gasteiger partial charge is 0.398 e. The molecule has 2 nitrogen and oxygen atoms in total. The molecule has 3 aromatic carbocycles. The Labute approximate surface area is 131 Å². The second kappa shape index (κ2) is 5.34. The third-order valence-corrected chi connectivity index (χ3v) is 4.26. The van der Waals surface area contributed by atoms with Crippen LogP contribution in [-0.4, -0.2) is 5.78 Å². The van der Waals surface area contributed by atoms with E-state index in [1.807, 2.05) is 55.5 Å². The number of benzene rings is 3. The molecule has 0 bridgehead atoms. The molecular weight excluding hydrogens is 326 g/mol. The van der Waals surface area contributed by atoms with Crippen molar-refractivity contribution in [2.24, 2.45) is 0 Å². The fourth-order valence-corrected chi connectivity index (χ4v) is 2.95. The van der Waals surface area contributed by atoms with E-state index in [1.54, 1.807) is 6.07 Å². The van der Waals surface area contributed by atoms with Crippen LogP contribution in [0.25, 0.3) is 10.8 Å². The minimum Gasteiger partial charge on any atom is -0.398 e. The zero-order valence-corrected chi connectivity index (χ0v) is 13.1. The summed E-state index contributed by atoms with van der Waals surface area (Å²) in [5.41, 5.74) is 8.74. The molecule has 0 radical (unpaired) electrons. The second-order valence-corrected chi connectivity index (χ2v) is 5.91. The summed E-state index contributed by atoms with van der Waals surface area (Å²) in [7, 11) is 0. The summed E-state index contributed by atoms with van der Waals surface area (Å²) in [4.78, 5) is 12.8. The van der Waals surface area contributed by atoms with Gasteiger partial charge in [-0.15, -0.1) is 0 Å². The molecular formula is C18H14BrNO. The molecule has 3 rings (SSSR count). The van der Waals surface area contributed by atoms with Gasteiger partial charge in [0.1, 0.15) is 0 Å². The van der Waals surface area contributed by atoms with Crippen molar-refractivity contribution in [1.29, 1.82) is 0 Å². The maximum Gasteiger partial charge on any atom is 0.195 e. The van der Waals surface area contributed by atoms with E-state index < -0.39 is 0 Å². The van der Waals surface area contributed by atoms with E-state index in [9.17, 15) is 4.79 Å². The molecule has 0 spiro atoms. The molecule has 0 fully saturated rings.